The van der Waals surface area contributed by atoms with Crippen LogP contribution in [0.3, 0.4) is 0 Å². The molecule has 1 aromatic heterocycles. The molecule has 5 atom stereocenters. The zero-order valence-corrected chi connectivity index (χ0v) is 21.2. The third-order valence-corrected chi connectivity index (χ3v) is 8.06. The molecule has 0 unspecified atom stereocenters. The van der Waals surface area contributed by atoms with E-state index in [0.29, 0.717) is 0 Å². The number of carbonyl (C=O) groups is 2. The molecule has 2 N–H and O–H groups in total. The number of hydrogen-bond donors (Lipinski definition) is 2. The van der Waals surface area contributed by atoms with Crippen molar-refractivity contribution in [2.24, 2.45) is 11.8 Å². The third-order valence-electron chi connectivity index (χ3n) is 7.53. The van der Waals surface area contributed by atoms with Crippen molar-refractivity contribution in [1.29, 1.82) is 0 Å². The summed E-state index contributed by atoms with van der Waals surface area (Å²) in [5.74, 6) is -5.68. The number of nitrogens with zero attached hydrogens (tertiary/aromatic N) is 2. The van der Waals surface area contributed by atoms with Gasteiger partial charge in [0, 0.05) is 41.8 Å². The summed E-state index contributed by atoms with van der Waals surface area (Å²) >= 11 is 6.64. The van der Waals surface area contributed by atoms with Gasteiger partial charge in [-0.2, -0.15) is 0 Å². The van der Waals surface area contributed by atoms with Crippen LogP contribution in [0, 0.1) is 23.5 Å². The minimum absolute atomic E-state index is 0.00309. The Morgan fingerprint density at radius 2 is 1.82 bits per heavy atom. The minimum atomic E-state index is -2.79. The van der Waals surface area contributed by atoms with Crippen molar-refractivity contribution < 1.29 is 32.3 Å². The van der Waals surface area contributed by atoms with Gasteiger partial charge >= 0.3 is 0 Å². The van der Waals surface area contributed by atoms with Gasteiger partial charge in [0.1, 0.15) is 11.6 Å². The van der Waals surface area contributed by atoms with Gasteiger partial charge in [-0.05, 0) is 49.1 Å². The second-order valence-electron chi connectivity index (χ2n) is 9.81. The second kappa shape index (κ2) is 10.6. The zero-order chi connectivity index (χ0) is 27.9. The lowest BCUT2D eigenvalue weighted by Gasteiger charge is -2.40. The van der Waals surface area contributed by atoms with E-state index in [9.17, 15) is 32.3 Å². The van der Waals surface area contributed by atoms with Gasteiger partial charge in [0.25, 0.3) is 11.8 Å². The maximum absolute atomic E-state index is 14.8. The van der Waals surface area contributed by atoms with E-state index in [4.69, 9.17) is 11.6 Å². The summed E-state index contributed by atoms with van der Waals surface area (Å²) in [6.45, 7) is -0.172. The largest absolute Gasteiger partial charge is 0.371 e. The fraction of sp³-hybridized carbons (Fsp3) is 0.321. The number of rotatable bonds is 6. The molecular formula is C28H24ClF4N3O3. The first kappa shape index (κ1) is 27.1. The van der Waals surface area contributed by atoms with Crippen molar-refractivity contribution in [3.8, 4) is 0 Å². The molecule has 2 amide bonds. The van der Waals surface area contributed by atoms with Gasteiger partial charge in [0.15, 0.2) is 0 Å². The number of fused-ring (bicyclic) bond motifs is 1. The summed E-state index contributed by atoms with van der Waals surface area (Å²) in [6.07, 6.45) is -0.113. The Morgan fingerprint density at radius 3 is 2.49 bits per heavy atom. The van der Waals surface area contributed by atoms with Crippen LogP contribution >= 0.6 is 11.6 Å². The highest BCUT2D eigenvalue weighted by Crippen LogP contribution is 2.47. The second-order valence-corrected chi connectivity index (χ2v) is 10.4. The number of alkyl halides is 3. The van der Waals surface area contributed by atoms with Crippen LogP contribution in [0.15, 0.2) is 67.0 Å². The van der Waals surface area contributed by atoms with Crippen LogP contribution in [0.5, 0.6) is 0 Å². The Hall–Kier alpha value is -3.50. The van der Waals surface area contributed by atoms with Gasteiger partial charge in [-0.1, -0.05) is 24.3 Å². The van der Waals surface area contributed by atoms with E-state index in [1.54, 1.807) is 12.1 Å². The van der Waals surface area contributed by atoms with E-state index >= 15 is 0 Å². The normalized spacial score (nSPS) is 26.5. The lowest BCUT2D eigenvalue weighted by molar-refractivity contribution is -0.132. The number of pyridine rings is 1. The number of amides is 2. The van der Waals surface area contributed by atoms with Gasteiger partial charge in [0.05, 0.1) is 16.8 Å². The number of para-hydroxylation sites is 1. The SMILES string of the molecule is O=C(N[C@@H]1C[C@@H](Cl)[C@@H](CN2C(=O)[C@](O)(c3c(F)cccc3F)c3ccccc32)C[C@H]1C(F)F)c1cccnc1. The standard InChI is InChI=1S/C28H24ClF4N3O3/c29-19-12-22(35-26(37)15-5-4-10-34-13-15)17(25(32)33)11-16(19)14-36-23-9-2-1-6-18(23)28(39,27(36)38)24-20(30)7-3-8-21(24)31/h1-10,13,16-17,19,22,25,39H,11-12,14H2,(H,35,37)/t16-,17-,19-,22-,28-/m1/s1. The number of benzene rings is 2. The average molecular weight is 562 g/mol. The van der Waals surface area contributed by atoms with Crippen LogP contribution in [-0.2, 0) is 10.4 Å². The number of nitrogens with one attached hydrogen (secondary N) is 1. The summed E-state index contributed by atoms with van der Waals surface area (Å²) in [5.41, 5.74) is -3.05. The van der Waals surface area contributed by atoms with Gasteiger partial charge in [-0.15, -0.1) is 11.6 Å². The smallest absolute Gasteiger partial charge is 0.268 e. The van der Waals surface area contributed by atoms with E-state index < -0.39 is 64.3 Å². The molecule has 39 heavy (non-hydrogen) atoms. The van der Waals surface area contributed by atoms with Crippen molar-refractivity contribution in [3.05, 3.63) is 95.3 Å². The summed E-state index contributed by atoms with van der Waals surface area (Å²) in [6, 6.07) is 11.2. The maximum atomic E-state index is 14.8. The molecule has 6 nitrogen and oxygen atoms in total. The number of hydrogen-bond acceptors (Lipinski definition) is 4. The number of carbonyl (C=O) groups excluding carboxylic acids is 2. The topological polar surface area (TPSA) is 82.5 Å². The molecule has 204 valence electrons. The monoisotopic (exact) mass is 561 g/mol. The Morgan fingerprint density at radius 1 is 1.10 bits per heavy atom. The predicted molar refractivity (Wildman–Crippen MR) is 136 cm³/mol. The molecule has 1 fully saturated rings. The van der Waals surface area contributed by atoms with Crippen LogP contribution in [0.25, 0.3) is 0 Å². The Kier molecular flexibility index (Phi) is 7.35. The number of aromatic nitrogens is 1. The first-order chi connectivity index (χ1) is 18.6. The van der Waals surface area contributed by atoms with Gasteiger partial charge in [0.2, 0.25) is 12.0 Å². The molecule has 2 heterocycles. The van der Waals surface area contributed by atoms with Crippen molar-refractivity contribution >= 4 is 29.1 Å². The summed E-state index contributed by atoms with van der Waals surface area (Å²) in [5, 5.41) is 13.4. The zero-order valence-electron chi connectivity index (χ0n) is 20.4. The number of aliphatic hydroxyl groups is 1. The van der Waals surface area contributed by atoms with Crippen LogP contribution in [0.4, 0.5) is 23.2 Å². The third kappa shape index (κ3) is 4.76. The van der Waals surface area contributed by atoms with Crippen LogP contribution in [-0.4, -0.2) is 46.3 Å². The highest BCUT2D eigenvalue weighted by atomic mass is 35.5. The Balaban J connectivity index is 1.41. The minimum Gasteiger partial charge on any atom is -0.371 e. The molecule has 0 radical (unpaired) electrons. The highest BCUT2D eigenvalue weighted by Gasteiger charge is 2.54. The molecule has 0 bridgehead atoms. The molecule has 3 aromatic rings. The van der Waals surface area contributed by atoms with E-state index in [0.717, 1.165) is 23.1 Å². The predicted octanol–water partition coefficient (Wildman–Crippen LogP) is 4.64. The van der Waals surface area contributed by atoms with E-state index in [2.05, 4.69) is 10.3 Å². The number of anilines is 1. The van der Waals surface area contributed by atoms with Gasteiger partial charge in [-0.25, -0.2) is 17.6 Å². The summed E-state index contributed by atoms with van der Waals surface area (Å²) in [7, 11) is 0. The van der Waals surface area contributed by atoms with Crippen molar-refractivity contribution in [3.63, 3.8) is 0 Å². The maximum Gasteiger partial charge on any atom is 0.268 e. The van der Waals surface area contributed by atoms with E-state index in [1.807, 2.05) is 0 Å². The molecule has 5 rings (SSSR count). The van der Waals surface area contributed by atoms with E-state index in [1.165, 1.54) is 36.7 Å². The molecule has 2 aliphatic rings. The molecule has 11 heteroatoms. The quantitative estimate of drug-likeness (QED) is 0.339. The number of halogens is 5. The fourth-order valence-corrected chi connectivity index (χ4v) is 5.96. The van der Waals surface area contributed by atoms with Crippen LogP contribution in [0.1, 0.15) is 34.3 Å². The van der Waals surface area contributed by atoms with E-state index in [-0.39, 0.29) is 36.2 Å². The average Bonchev–Trinajstić information content (AvgIpc) is 3.12. The summed E-state index contributed by atoms with van der Waals surface area (Å²) < 4.78 is 57.9. The van der Waals surface area contributed by atoms with Crippen molar-refractivity contribution in [1.82, 2.24) is 10.3 Å². The molecule has 0 spiro atoms. The lowest BCUT2D eigenvalue weighted by Crippen LogP contribution is -2.52. The summed E-state index contributed by atoms with van der Waals surface area (Å²) in [4.78, 5) is 31.3. The Labute approximate surface area is 226 Å². The molecular weight excluding hydrogens is 538 g/mol. The first-order valence-corrected chi connectivity index (χ1v) is 12.8. The van der Waals surface area contributed by atoms with Gasteiger partial charge < -0.3 is 15.3 Å². The molecule has 1 aliphatic heterocycles. The molecule has 2 aromatic carbocycles. The fourth-order valence-electron chi connectivity index (χ4n) is 5.59. The highest BCUT2D eigenvalue weighted by molar-refractivity contribution is 6.21. The van der Waals surface area contributed by atoms with Crippen molar-refractivity contribution in [2.75, 3.05) is 11.4 Å². The molecule has 1 aliphatic carbocycles. The van der Waals surface area contributed by atoms with Crippen LogP contribution < -0.4 is 10.2 Å². The lowest BCUT2D eigenvalue weighted by atomic mass is 9.77. The molecule has 1 saturated carbocycles. The first-order valence-electron chi connectivity index (χ1n) is 12.3. The van der Waals surface area contributed by atoms with Crippen molar-refractivity contribution in [2.45, 2.75) is 36.3 Å². The van der Waals surface area contributed by atoms with Crippen LogP contribution in [0.2, 0.25) is 0 Å². The van der Waals surface area contributed by atoms with Gasteiger partial charge in [-0.3, -0.25) is 14.6 Å². The molecule has 0 saturated heterocycles. The Bertz CT molecular complexity index is 1380.